The highest BCUT2D eigenvalue weighted by Crippen LogP contribution is 2.37. The Labute approximate surface area is 177 Å². The van der Waals surface area contributed by atoms with Crippen molar-refractivity contribution in [2.75, 3.05) is 26.2 Å². The number of rotatable bonds is 9. The summed E-state index contributed by atoms with van der Waals surface area (Å²) in [5.41, 5.74) is 2.12. The number of hydrogen-bond donors (Lipinski definition) is 2. The third-order valence-electron chi connectivity index (χ3n) is 4.89. The highest BCUT2D eigenvalue weighted by molar-refractivity contribution is 6.32. The van der Waals surface area contributed by atoms with E-state index in [0.717, 1.165) is 43.2 Å². The van der Waals surface area contributed by atoms with Gasteiger partial charge in [-0.3, -0.25) is 0 Å². The summed E-state index contributed by atoms with van der Waals surface area (Å²) in [5, 5.41) is 8.23. The smallest absolute Gasteiger partial charge is 0.180 e. The van der Waals surface area contributed by atoms with E-state index in [1.165, 1.54) is 12.8 Å². The van der Waals surface area contributed by atoms with Crippen LogP contribution in [0, 0.1) is 5.92 Å². The zero-order chi connectivity index (χ0) is 19.8. The Hall–Kier alpha value is -1.46. The summed E-state index contributed by atoms with van der Waals surface area (Å²) >= 11 is 12.5. The van der Waals surface area contributed by atoms with Gasteiger partial charge in [0.15, 0.2) is 11.5 Å². The molecule has 0 bridgehead atoms. The van der Waals surface area contributed by atoms with Gasteiger partial charge in [-0.15, -0.1) is 0 Å². The van der Waals surface area contributed by atoms with Crippen LogP contribution in [0.15, 0.2) is 36.4 Å². The van der Waals surface area contributed by atoms with Crippen LogP contribution in [0.4, 0.5) is 0 Å². The van der Waals surface area contributed by atoms with Crippen LogP contribution in [-0.2, 0) is 13.2 Å². The van der Waals surface area contributed by atoms with Crippen LogP contribution >= 0.6 is 23.2 Å². The van der Waals surface area contributed by atoms with E-state index in [-0.39, 0.29) is 0 Å². The van der Waals surface area contributed by atoms with Gasteiger partial charge >= 0.3 is 0 Å². The molecule has 0 saturated carbocycles. The molecule has 1 saturated heterocycles. The van der Waals surface area contributed by atoms with E-state index in [4.69, 9.17) is 32.7 Å². The second kappa shape index (κ2) is 10.9. The standard InChI is InChI=1S/C22H28Cl2N2O2/c1-2-27-21-12-18(14-26-13-16-7-9-25-10-8-16)11-20(24)22(21)28-15-17-3-5-19(23)6-4-17/h3-6,11-12,16,25-26H,2,7-10,13-15H2,1H3. The number of halogens is 2. The predicted octanol–water partition coefficient (Wildman–Crippen LogP) is 5.06. The summed E-state index contributed by atoms with van der Waals surface area (Å²) in [7, 11) is 0. The maximum atomic E-state index is 6.53. The number of hydrogen-bond acceptors (Lipinski definition) is 4. The molecule has 0 aliphatic carbocycles. The van der Waals surface area contributed by atoms with Gasteiger partial charge in [-0.25, -0.2) is 0 Å². The van der Waals surface area contributed by atoms with Crippen molar-refractivity contribution in [3.63, 3.8) is 0 Å². The lowest BCUT2D eigenvalue weighted by Gasteiger charge is -2.23. The molecule has 0 unspecified atom stereocenters. The third-order valence-corrected chi connectivity index (χ3v) is 5.42. The molecule has 1 aliphatic heterocycles. The van der Waals surface area contributed by atoms with Gasteiger partial charge in [0.2, 0.25) is 0 Å². The first-order valence-electron chi connectivity index (χ1n) is 9.89. The van der Waals surface area contributed by atoms with Crippen LogP contribution in [0.3, 0.4) is 0 Å². The van der Waals surface area contributed by atoms with E-state index in [2.05, 4.69) is 10.6 Å². The topological polar surface area (TPSA) is 42.5 Å². The molecule has 0 spiro atoms. The summed E-state index contributed by atoms with van der Waals surface area (Å²) < 4.78 is 11.8. The molecule has 2 aromatic rings. The fourth-order valence-electron chi connectivity index (χ4n) is 3.37. The van der Waals surface area contributed by atoms with Crippen molar-refractivity contribution in [3.05, 3.63) is 57.6 Å². The van der Waals surface area contributed by atoms with E-state index >= 15 is 0 Å². The molecule has 3 rings (SSSR count). The molecule has 28 heavy (non-hydrogen) atoms. The van der Waals surface area contributed by atoms with Crippen LogP contribution in [-0.4, -0.2) is 26.2 Å². The summed E-state index contributed by atoms with van der Waals surface area (Å²) in [6, 6.07) is 11.6. The molecule has 4 nitrogen and oxygen atoms in total. The van der Waals surface area contributed by atoms with Gasteiger partial charge in [-0.05, 0) is 80.7 Å². The minimum Gasteiger partial charge on any atom is -0.490 e. The maximum Gasteiger partial charge on any atom is 0.180 e. The lowest BCUT2D eigenvalue weighted by molar-refractivity contribution is 0.269. The van der Waals surface area contributed by atoms with E-state index in [1.54, 1.807) is 0 Å². The Morgan fingerprint density at radius 3 is 2.50 bits per heavy atom. The van der Waals surface area contributed by atoms with Crippen LogP contribution in [0.25, 0.3) is 0 Å². The average Bonchev–Trinajstić information content (AvgIpc) is 2.70. The van der Waals surface area contributed by atoms with Gasteiger partial charge in [0.05, 0.1) is 11.6 Å². The summed E-state index contributed by atoms with van der Waals surface area (Å²) in [6.45, 7) is 6.95. The van der Waals surface area contributed by atoms with Crippen molar-refractivity contribution < 1.29 is 9.47 Å². The summed E-state index contributed by atoms with van der Waals surface area (Å²) in [6.07, 6.45) is 2.46. The fraction of sp³-hybridized carbons (Fsp3) is 0.455. The molecule has 0 amide bonds. The van der Waals surface area contributed by atoms with Crippen LogP contribution in [0.2, 0.25) is 10.0 Å². The van der Waals surface area contributed by atoms with Crippen molar-refractivity contribution >= 4 is 23.2 Å². The van der Waals surface area contributed by atoms with Crippen LogP contribution < -0.4 is 20.1 Å². The molecule has 0 aromatic heterocycles. The Balaban J connectivity index is 1.62. The molecule has 1 aliphatic rings. The van der Waals surface area contributed by atoms with Gasteiger partial charge in [-0.2, -0.15) is 0 Å². The molecule has 2 aromatic carbocycles. The number of piperidine rings is 1. The van der Waals surface area contributed by atoms with E-state index < -0.39 is 0 Å². The Bertz CT molecular complexity index is 747. The average molecular weight is 423 g/mol. The molecule has 0 radical (unpaired) electrons. The highest BCUT2D eigenvalue weighted by Gasteiger charge is 2.15. The molecular weight excluding hydrogens is 395 g/mol. The van der Waals surface area contributed by atoms with Crippen molar-refractivity contribution in [2.24, 2.45) is 5.92 Å². The third kappa shape index (κ3) is 6.28. The SMILES string of the molecule is CCOc1cc(CNCC2CCNCC2)cc(Cl)c1OCc1ccc(Cl)cc1. The minimum atomic E-state index is 0.407. The van der Waals surface area contributed by atoms with E-state index in [0.29, 0.717) is 34.8 Å². The minimum absolute atomic E-state index is 0.407. The Morgan fingerprint density at radius 2 is 1.79 bits per heavy atom. The van der Waals surface area contributed by atoms with Crippen LogP contribution in [0.5, 0.6) is 11.5 Å². The maximum absolute atomic E-state index is 6.53. The monoisotopic (exact) mass is 422 g/mol. The van der Waals surface area contributed by atoms with Crippen molar-refractivity contribution in [3.8, 4) is 11.5 Å². The first-order valence-corrected chi connectivity index (χ1v) is 10.6. The zero-order valence-corrected chi connectivity index (χ0v) is 17.8. The van der Waals surface area contributed by atoms with Gasteiger partial charge in [0.25, 0.3) is 0 Å². The Morgan fingerprint density at radius 1 is 1.04 bits per heavy atom. The van der Waals surface area contributed by atoms with Crippen LogP contribution in [0.1, 0.15) is 30.9 Å². The molecule has 2 N–H and O–H groups in total. The fourth-order valence-corrected chi connectivity index (χ4v) is 3.78. The first kappa shape index (κ1) is 21.3. The molecule has 152 valence electrons. The predicted molar refractivity (Wildman–Crippen MR) is 116 cm³/mol. The zero-order valence-electron chi connectivity index (χ0n) is 16.3. The largest absolute Gasteiger partial charge is 0.490 e. The van der Waals surface area contributed by atoms with Gasteiger partial charge < -0.3 is 20.1 Å². The lowest BCUT2D eigenvalue weighted by Crippen LogP contribution is -2.33. The number of benzene rings is 2. The van der Waals surface area contributed by atoms with Crippen molar-refractivity contribution in [1.82, 2.24) is 10.6 Å². The van der Waals surface area contributed by atoms with Crippen molar-refractivity contribution in [1.29, 1.82) is 0 Å². The second-order valence-electron chi connectivity index (χ2n) is 7.08. The second-order valence-corrected chi connectivity index (χ2v) is 7.92. The molecular formula is C22H28Cl2N2O2. The molecule has 6 heteroatoms. The van der Waals surface area contributed by atoms with E-state index in [9.17, 15) is 0 Å². The lowest BCUT2D eigenvalue weighted by atomic mass is 9.98. The normalized spacial score (nSPS) is 14.8. The van der Waals surface area contributed by atoms with E-state index in [1.807, 2.05) is 43.3 Å². The summed E-state index contributed by atoms with van der Waals surface area (Å²) in [4.78, 5) is 0. The summed E-state index contributed by atoms with van der Waals surface area (Å²) in [5.74, 6) is 2.01. The number of ether oxygens (including phenoxy) is 2. The van der Waals surface area contributed by atoms with Crippen molar-refractivity contribution in [2.45, 2.75) is 32.9 Å². The Kier molecular flexibility index (Phi) is 8.28. The van der Waals surface area contributed by atoms with Gasteiger partial charge in [-0.1, -0.05) is 35.3 Å². The first-order chi connectivity index (χ1) is 13.7. The molecule has 0 atom stereocenters. The molecule has 1 fully saturated rings. The van der Waals surface area contributed by atoms with Gasteiger partial charge in [0, 0.05) is 11.6 Å². The molecule has 1 heterocycles. The number of nitrogens with one attached hydrogen (secondary N) is 2. The van der Waals surface area contributed by atoms with Gasteiger partial charge in [0.1, 0.15) is 6.61 Å². The highest BCUT2D eigenvalue weighted by atomic mass is 35.5. The quantitative estimate of drug-likeness (QED) is 0.592.